The smallest absolute Gasteiger partial charge is 0.251 e. The minimum Gasteiger partial charge on any atom is -0.342 e. The highest BCUT2D eigenvalue weighted by atomic mass is 19.1. The Morgan fingerprint density at radius 3 is 2.44 bits per heavy atom. The molecule has 8 heteroatoms. The fourth-order valence-electron chi connectivity index (χ4n) is 3.74. The Labute approximate surface area is 187 Å². The first-order valence-electron chi connectivity index (χ1n) is 10.8. The maximum atomic E-state index is 13.6. The molecule has 0 aliphatic carbocycles. The van der Waals surface area contributed by atoms with Gasteiger partial charge in [0.15, 0.2) is 0 Å². The highest BCUT2D eigenvalue weighted by Gasteiger charge is 2.39. The topological polar surface area (TPSA) is 83.4 Å². The highest BCUT2D eigenvalue weighted by Crippen LogP contribution is 2.30. The second-order valence-electron chi connectivity index (χ2n) is 9.33. The summed E-state index contributed by atoms with van der Waals surface area (Å²) in [7, 11) is 1.69. The van der Waals surface area contributed by atoms with Crippen LogP contribution in [-0.4, -0.2) is 42.1 Å². The predicted octanol–water partition coefficient (Wildman–Crippen LogP) is 2.06. The molecule has 0 unspecified atom stereocenters. The molecule has 7 nitrogen and oxygen atoms in total. The standard InChI is InChI=1S/C24H31FN4O3/c1-15(26-5)22(31)27-21(24(2,3)4)23(32)29-11-10-17-12-20(30)28(14-19(17)29)13-16-6-8-18(25)9-7-16/h6-9,12,14-15,21,26H,10-11,13H2,1-5H3,(H,27,31)/t15-,21+/m0/s1. The van der Waals surface area contributed by atoms with E-state index in [-0.39, 0.29) is 29.7 Å². The van der Waals surface area contributed by atoms with Crippen LogP contribution in [-0.2, 0) is 22.6 Å². The number of fused-ring (bicyclic) bond motifs is 1. The number of carbonyl (C=O) groups excluding carboxylic acids is 2. The molecular weight excluding hydrogens is 411 g/mol. The lowest BCUT2D eigenvalue weighted by molar-refractivity contribution is -0.130. The molecule has 1 aromatic carbocycles. The van der Waals surface area contributed by atoms with Crippen LogP contribution in [0.25, 0.3) is 0 Å². The van der Waals surface area contributed by atoms with E-state index in [1.807, 2.05) is 20.8 Å². The average Bonchev–Trinajstić information content (AvgIpc) is 3.14. The molecular formula is C24H31FN4O3. The van der Waals surface area contributed by atoms with Crippen LogP contribution < -0.4 is 21.1 Å². The number of rotatable bonds is 6. The van der Waals surface area contributed by atoms with Gasteiger partial charge in [-0.2, -0.15) is 0 Å². The number of aromatic nitrogens is 1. The number of nitrogens with one attached hydrogen (secondary N) is 2. The molecule has 1 aromatic heterocycles. The molecule has 3 rings (SSSR count). The van der Waals surface area contributed by atoms with Gasteiger partial charge in [-0.3, -0.25) is 14.4 Å². The minimum absolute atomic E-state index is 0.175. The van der Waals surface area contributed by atoms with Crippen molar-refractivity contribution in [2.75, 3.05) is 18.5 Å². The number of halogens is 1. The van der Waals surface area contributed by atoms with Gasteiger partial charge in [0, 0.05) is 18.8 Å². The van der Waals surface area contributed by atoms with Crippen LogP contribution in [0.5, 0.6) is 0 Å². The Hall–Kier alpha value is -3.00. The molecule has 0 saturated heterocycles. The van der Waals surface area contributed by atoms with Gasteiger partial charge in [0.2, 0.25) is 11.8 Å². The van der Waals surface area contributed by atoms with Crippen LogP contribution in [0.3, 0.4) is 0 Å². The zero-order valence-corrected chi connectivity index (χ0v) is 19.2. The Morgan fingerprint density at radius 1 is 1.19 bits per heavy atom. The molecule has 0 bridgehead atoms. The average molecular weight is 443 g/mol. The zero-order chi connectivity index (χ0) is 23.6. The van der Waals surface area contributed by atoms with E-state index in [1.165, 1.54) is 16.7 Å². The summed E-state index contributed by atoms with van der Waals surface area (Å²) in [6, 6.07) is 6.37. The van der Waals surface area contributed by atoms with Gasteiger partial charge in [-0.15, -0.1) is 0 Å². The molecule has 0 radical (unpaired) electrons. The first kappa shape index (κ1) is 23.7. The largest absolute Gasteiger partial charge is 0.342 e. The third-order valence-electron chi connectivity index (χ3n) is 5.84. The number of pyridine rings is 1. The lowest BCUT2D eigenvalue weighted by Gasteiger charge is -2.34. The summed E-state index contributed by atoms with van der Waals surface area (Å²) in [6.45, 7) is 8.18. The number of hydrogen-bond donors (Lipinski definition) is 2. The Bertz CT molecular complexity index is 1060. The van der Waals surface area contributed by atoms with Gasteiger partial charge >= 0.3 is 0 Å². The van der Waals surface area contributed by atoms with E-state index in [0.717, 1.165) is 11.1 Å². The molecule has 2 amide bonds. The van der Waals surface area contributed by atoms with Gasteiger partial charge in [0.25, 0.3) is 5.56 Å². The molecule has 32 heavy (non-hydrogen) atoms. The number of amides is 2. The van der Waals surface area contributed by atoms with Crippen molar-refractivity contribution in [2.45, 2.75) is 52.7 Å². The van der Waals surface area contributed by atoms with Crippen molar-refractivity contribution in [2.24, 2.45) is 5.41 Å². The molecule has 172 valence electrons. The van der Waals surface area contributed by atoms with Crippen molar-refractivity contribution in [1.82, 2.24) is 15.2 Å². The van der Waals surface area contributed by atoms with Crippen molar-refractivity contribution in [3.05, 3.63) is 63.8 Å². The van der Waals surface area contributed by atoms with Gasteiger partial charge in [-0.25, -0.2) is 4.39 Å². The monoisotopic (exact) mass is 442 g/mol. The summed E-state index contributed by atoms with van der Waals surface area (Å²) in [5.41, 5.74) is 1.57. The van der Waals surface area contributed by atoms with Gasteiger partial charge in [0.1, 0.15) is 11.9 Å². The van der Waals surface area contributed by atoms with E-state index < -0.39 is 17.5 Å². The van der Waals surface area contributed by atoms with Gasteiger partial charge < -0.3 is 20.1 Å². The first-order valence-corrected chi connectivity index (χ1v) is 10.8. The summed E-state index contributed by atoms with van der Waals surface area (Å²) in [4.78, 5) is 40.3. The fraction of sp³-hybridized carbons (Fsp3) is 0.458. The molecule has 2 N–H and O–H groups in total. The van der Waals surface area contributed by atoms with Gasteiger partial charge in [-0.1, -0.05) is 32.9 Å². The molecule has 0 spiro atoms. The maximum Gasteiger partial charge on any atom is 0.251 e. The van der Waals surface area contributed by atoms with Crippen molar-refractivity contribution in [3.63, 3.8) is 0 Å². The van der Waals surface area contributed by atoms with Crippen LogP contribution in [0.1, 0.15) is 38.8 Å². The Kier molecular flexibility index (Phi) is 6.83. The summed E-state index contributed by atoms with van der Waals surface area (Å²) >= 11 is 0. The van der Waals surface area contributed by atoms with Crippen molar-refractivity contribution in [3.8, 4) is 0 Å². The normalized spacial score (nSPS) is 15.2. The number of hydrogen-bond acceptors (Lipinski definition) is 4. The minimum atomic E-state index is -0.728. The summed E-state index contributed by atoms with van der Waals surface area (Å²) in [5, 5.41) is 5.78. The fourth-order valence-corrected chi connectivity index (χ4v) is 3.74. The predicted molar refractivity (Wildman–Crippen MR) is 122 cm³/mol. The van der Waals surface area contributed by atoms with Crippen molar-refractivity contribution >= 4 is 17.5 Å². The SMILES string of the molecule is CN[C@@H](C)C(=O)N[C@H](C(=O)N1CCc2cc(=O)n(Cc3ccc(F)cc3)cc21)C(C)(C)C. The Balaban J connectivity index is 1.90. The van der Waals surface area contributed by atoms with Crippen LogP contribution in [0.2, 0.25) is 0 Å². The number of anilines is 1. The van der Waals surface area contributed by atoms with E-state index in [0.29, 0.717) is 18.7 Å². The summed E-state index contributed by atoms with van der Waals surface area (Å²) in [6.07, 6.45) is 2.26. The first-order chi connectivity index (χ1) is 15.0. The number of likely N-dealkylation sites (N-methyl/N-ethyl adjacent to an activating group) is 1. The zero-order valence-electron chi connectivity index (χ0n) is 19.2. The number of nitrogens with zero attached hydrogens (tertiary/aromatic N) is 2. The van der Waals surface area contributed by atoms with Crippen LogP contribution in [0.15, 0.2) is 41.3 Å². The van der Waals surface area contributed by atoms with E-state index in [2.05, 4.69) is 10.6 Å². The van der Waals surface area contributed by atoms with Crippen LogP contribution >= 0.6 is 0 Å². The lowest BCUT2D eigenvalue weighted by Crippen LogP contribution is -2.57. The molecule has 1 aliphatic heterocycles. The highest BCUT2D eigenvalue weighted by molar-refractivity contribution is 6.01. The second kappa shape index (κ2) is 9.24. The molecule has 0 fully saturated rings. The summed E-state index contributed by atoms with van der Waals surface area (Å²) < 4.78 is 14.7. The van der Waals surface area contributed by atoms with E-state index in [1.54, 1.807) is 43.3 Å². The van der Waals surface area contributed by atoms with Crippen LogP contribution in [0.4, 0.5) is 10.1 Å². The third kappa shape index (κ3) is 5.07. The van der Waals surface area contributed by atoms with Gasteiger partial charge in [-0.05, 0) is 49.1 Å². The Morgan fingerprint density at radius 2 is 1.84 bits per heavy atom. The third-order valence-corrected chi connectivity index (χ3v) is 5.84. The van der Waals surface area contributed by atoms with E-state index in [9.17, 15) is 18.8 Å². The number of benzene rings is 1. The molecule has 2 aromatic rings. The van der Waals surface area contributed by atoms with Crippen molar-refractivity contribution in [1.29, 1.82) is 0 Å². The molecule has 1 aliphatic rings. The second-order valence-corrected chi connectivity index (χ2v) is 9.33. The number of carbonyl (C=O) groups is 2. The molecule has 2 atom stereocenters. The van der Waals surface area contributed by atoms with Crippen molar-refractivity contribution < 1.29 is 14.0 Å². The maximum absolute atomic E-state index is 13.6. The molecule has 2 heterocycles. The molecule has 0 saturated carbocycles. The van der Waals surface area contributed by atoms with Gasteiger partial charge in [0.05, 0.1) is 18.3 Å². The lowest BCUT2D eigenvalue weighted by atomic mass is 9.85. The quantitative estimate of drug-likeness (QED) is 0.718. The van der Waals surface area contributed by atoms with E-state index in [4.69, 9.17) is 0 Å². The summed E-state index contributed by atoms with van der Waals surface area (Å²) in [5.74, 6) is -0.795. The van der Waals surface area contributed by atoms with E-state index >= 15 is 0 Å². The van der Waals surface area contributed by atoms with Crippen LogP contribution in [0, 0.1) is 11.2 Å².